The van der Waals surface area contributed by atoms with Crippen molar-refractivity contribution < 1.29 is 8.42 Å². The van der Waals surface area contributed by atoms with Gasteiger partial charge >= 0.3 is 0 Å². The molecular formula is C27H22ClN3O2S. The monoisotopic (exact) mass is 487 g/mol. The van der Waals surface area contributed by atoms with Crippen LogP contribution < -0.4 is 9.73 Å². The van der Waals surface area contributed by atoms with E-state index in [0.717, 1.165) is 22.5 Å². The number of anilines is 2. The lowest BCUT2D eigenvalue weighted by Gasteiger charge is -2.24. The molecule has 0 aliphatic carbocycles. The summed E-state index contributed by atoms with van der Waals surface area (Å²) in [6.07, 6.45) is 0.631. The molecule has 1 aliphatic heterocycles. The molecule has 170 valence electrons. The molecule has 4 aromatic rings. The van der Waals surface area contributed by atoms with Crippen molar-refractivity contribution in [3.63, 3.8) is 0 Å². The minimum Gasteiger partial charge on any atom is -0.280 e. The van der Waals surface area contributed by atoms with Gasteiger partial charge < -0.3 is 0 Å². The maximum atomic E-state index is 13.0. The van der Waals surface area contributed by atoms with Crippen molar-refractivity contribution >= 4 is 38.7 Å². The van der Waals surface area contributed by atoms with Crippen LogP contribution in [0.15, 0.2) is 119 Å². The second kappa shape index (κ2) is 9.33. The molecule has 4 aromatic carbocycles. The van der Waals surface area contributed by atoms with E-state index in [0.29, 0.717) is 17.1 Å². The molecule has 0 amide bonds. The minimum absolute atomic E-state index is 0.0302. The van der Waals surface area contributed by atoms with Crippen molar-refractivity contribution in [2.45, 2.75) is 17.4 Å². The largest absolute Gasteiger partial charge is 0.280 e. The van der Waals surface area contributed by atoms with E-state index < -0.39 is 10.0 Å². The molecule has 1 aliphatic rings. The smallest absolute Gasteiger partial charge is 0.261 e. The Labute approximate surface area is 204 Å². The molecule has 0 radical (unpaired) electrons. The highest BCUT2D eigenvalue weighted by Crippen LogP contribution is 2.37. The van der Waals surface area contributed by atoms with E-state index in [1.54, 1.807) is 42.5 Å². The van der Waals surface area contributed by atoms with Crippen LogP contribution in [0.2, 0.25) is 5.02 Å². The summed E-state index contributed by atoms with van der Waals surface area (Å²) in [5, 5.41) is 7.58. The summed E-state index contributed by atoms with van der Waals surface area (Å²) in [5.74, 6) is 0. The molecule has 0 fully saturated rings. The van der Waals surface area contributed by atoms with E-state index in [-0.39, 0.29) is 10.9 Å². The van der Waals surface area contributed by atoms with Crippen LogP contribution in [0.5, 0.6) is 0 Å². The zero-order valence-corrected chi connectivity index (χ0v) is 19.7. The summed E-state index contributed by atoms with van der Waals surface area (Å²) in [6.45, 7) is 0. The van der Waals surface area contributed by atoms with Crippen LogP contribution in [0.3, 0.4) is 0 Å². The summed E-state index contributed by atoms with van der Waals surface area (Å²) in [4.78, 5) is 0.192. The Kier molecular flexibility index (Phi) is 6.09. The molecule has 7 heteroatoms. The molecule has 1 atom stereocenters. The molecule has 0 spiro atoms. The molecule has 0 bridgehead atoms. The van der Waals surface area contributed by atoms with Gasteiger partial charge in [-0.25, -0.2) is 8.42 Å². The van der Waals surface area contributed by atoms with Gasteiger partial charge in [-0.2, -0.15) is 5.10 Å². The first kappa shape index (κ1) is 22.2. The van der Waals surface area contributed by atoms with Gasteiger partial charge in [0, 0.05) is 17.1 Å². The molecule has 5 nitrogen and oxygen atoms in total. The Morgan fingerprint density at radius 1 is 0.824 bits per heavy atom. The number of rotatable bonds is 6. The fourth-order valence-electron chi connectivity index (χ4n) is 4.01. The van der Waals surface area contributed by atoms with Crippen molar-refractivity contribution in [2.24, 2.45) is 5.10 Å². The summed E-state index contributed by atoms with van der Waals surface area (Å²) in [7, 11) is -3.73. The van der Waals surface area contributed by atoms with E-state index in [9.17, 15) is 8.42 Å². The normalized spacial score (nSPS) is 15.7. The molecule has 1 unspecified atom stereocenters. The second-order valence-corrected chi connectivity index (χ2v) is 10.1. The van der Waals surface area contributed by atoms with E-state index in [1.807, 2.05) is 71.7 Å². The van der Waals surface area contributed by atoms with Gasteiger partial charge in [0.15, 0.2) is 0 Å². The van der Waals surface area contributed by atoms with Gasteiger partial charge in [-0.15, -0.1) is 0 Å². The number of sulfonamides is 1. The van der Waals surface area contributed by atoms with E-state index in [4.69, 9.17) is 16.7 Å². The maximum absolute atomic E-state index is 13.0. The summed E-state index contributed by atoms with van der Waals surface area (Å²) in [6, 6.07) is 33.5. The number of halogens is 1. The number of hydrogen-bond acceptors (Lipinski definition) is 4. The first-order valence-electron chi connectivity index (χ1n) is 10.9. The van der Waals surface area contributed by atoms with Crippen molar-refractivity contribution in [1.29, 1.82) is 0 Å². The fraction of sp³-hybridized carbons (Fsp3) is 0.0741. The number of para-hydroxylation sites is 2. The van der Waals surface area contributed by atoms with Crippen LogP contribution in [-0.4, -0.2) is 14.1 Å². The number of nitrogens with one attached hydrogen (secondary N) is 1. The number of benzene rings is 4. The third kappa shape index (κ3) is 4.69. The average molecular weight is 488 g/mol. The van der Waals surface area contributed by atoms with E-state index in [1.165, 1.54) is 0 Å². The molecule has 1 heterocycles. The maximum Gasteiger partial charge on any atom is 0.261 e. The SMILES string of the molecule is O=S(=O)(Nc1ccccc1)c1cccc(C2=NN(c3ccccc3)C(c3ccc(Cl)cc3)C2)c1. The third-order valence-corrected chi connectivity index (χ3v) is 7.32. The Balaban J connectivity index is 1.49. The lowest BCUT2D eigenvalue weighted by atomic mass is 9.98. The van der Waals surface area contributed by atoms with Gasteiger partial charge in [0.05, 0.1) is 22.3 Å². The standard InChI is InChI=1S/C27H22ClN3O2S/c28-22-16-14-20(15-17-22)27-19-26(29-31(27)24-11-5-2-6-12-24)21-8-7-13-25(18-21)34(32,33)30-23-9-3-1-4-10-23/h1-18,27,30H,19H2. The van der Waals surface area contributed by atoms with Gasteiger partial charge in [0.25, 0.3) is 10.0 Å². The van der Waals surface area contributed by atoms with Gasteiger partial charge in [0.1, 0.15) is 0 Å². The Hall–Kier alpha value is -3.61. The lowest BCUT2D eigenvalue weighted by Crippen LogP contribution is -2.18. The summed E-state index contributed by atoms with van der Waals surface area (Å²) < 4.78 is 28.6. The van der Waals surface area contributed by atoms with Crippen LogP contribution in [-0.2, 0) is 10.0 Å². The Morgan fingerprint density at radius 3 is 2.21 bits per heavy atom. The predicted octanol–water partition coefficient (Wildman–Crippen LogP) is 6.50. The number of hydrazone groups is 1. The van der Waals surface area contributed by atoms with Gasteiger partial charge in [-0.1, -0.05) is 72.3 Å². The Morgan fingerprint density at radius 2 is 1.50 bits per heavy atom. The van der Waals surface area contributed by atoms with Crippen molar-refractivity contribution in [1.82, 2.24) is 0 Å². The van der Waals surface area contributed by atoms with Gasteiger partial charge in [-0.05, 0) is 59.7 Å². The predicted molar refractivity (Wildman–Crippen MR) is 138 cm³/mol. The molecule has 5 rings (SSSR count). The summed E-state index contributed by atoms with van der Waals surface area (Å²) in [5.41, 5.74) is 4.16. The zero-order chi connectivity index (χ0) is 23.5. The van der Waals surface area contributed by atoms with Gasteiger partial charge in [0.2, 0.25) is 0 Å². The average Bonchev–Trinajstić information content (AvgIpc) is 3.31. The minimum atomic E-state index is -3.73. The molecule has 34 heavy (non-hydrogen) atoms. The second-order valence-electron chi connectivity index (χ2n) is 8.00. The Bertz CT molecular complexity index is 1420. The third-order valence-electron chi connectivity index (χ3n) is 5.69. The first-order valence-corrected chi connectivity index (χ1v) is 12.7. The van der Waals surface area contributed by atoms with E-state index >= 15 is 0 Å². The van der Waals surface area contributed by atoms with Crippen LogP contribution >= 0.6 is 11.6 Å². The van der Waals surface area contributed by atoms with Crippen molar-refractivity contribution in [3.05, 3.63) is 125 Å². The highest BCUT2D eigenvalue weighted by molar-refractivity contribution is 7.92. The molecule has 1 N–H and O–H groups in total. The van der Waals surface area contributed by atoms with Crippen LogP contribution in [0.25, 0.3) is 0 Å². The quantitative estimate of drug-likeness (QED) is 0.338. The highest BCUT2D eigenvalue weighted by Gasteiger charge is 2.30. The highest BCUT2D eigenvalue weighted by atomic mass is 35.5. The summed E-state index contributed by atoms with van der Waals surface area (Å²) >= 11 is 6.11. The number of nitrogens with zero attached hydrogens (tertiary/aromatic N) is 2. The van der Waals surface area contributed by atoms with E-state index in [2.05, 4.69) is 4.72 Å². The van der Waals surface area contributed by atoms with Crippen LogP contribution in [0, 0.1) is 0 Å². The fourth-order valence-corrected chi connectivity index (χ4v) is 5.24. The lowest BCUT2D eigenvalue weighted by molar-refractivity contribution is 0.601. The zero-order valence-electron chi connectivity index (χ0n) is 18.2. The molecule has 0 saturated carbocycles. The first-order chi connectivity index (χ1) is 16.5. The molecule has 0 saturated heterocycles. The topological polar surface area (TPSA) is 61.8 Å². The molecule has 0 aromatic heterocycles. The van der Waals surface area contributed by atoms with Crippen molar-refractivity contribution in [3.8, 4) is 0 Å². The molecular weight excluding hydrogens is 466 g/mol. The van der Waals surface area contributed by atoms with Gasteiger partial charge in [-0.3, -0.25) is 9.73 Å². The van der Waals surface area contributed by atoms with Crippen molar-refractivity contribution in [2.75, 3.05) is 9.73 Å². The van der Waals surface area contributed by atoms with Crippen LogP contribution in [0.1, 0.15) is 23.6 Å². The van der Waals surface area contributed by atoms with Crippen LogP contribution in [0.4, 0.5) is 11.4 Å². The number of hydrogen-bond donors (Lipinski definition) is 1.